The molecule has 29 heavy (non-hydrogen) atoms. The van der Waals surface area contributed by atoms with Gasteiger partial charge in [-0.3, -0.25) is 4.79 Å². The molecule has 7 heteroatoms. The summed E-state index contributed by atoms with van der Waals surface area (Å²) in [4.78, 5) is 14.1. The first-order valence-electron chi connectivity index (χ1n) is 9.40. The average Bonchev–Trinajstić information content (AvgIpc) is 3.17. The smallest absolute Gasteiger partial charge is 0.246 e. The van der Waals surface area contributed by atoms with Crippen LogP contribution in [0, 0.1) is 0 Å². The van der Waals surface area contributed by atoms with E-state index in [1.165, 1.54) is 6.08 Å². The molecule has 0 aliphatic carbocycles. The van der Waals surface area contributed by atoms with Gasteiger partial charge in [-0.15, -0.1) is 0 Å². The van der Waals surface area contributed by atoms with E-state index in [2.05, 4.69) is 0 Å². The molecule has 0 saturated carbocycles. The van der Waals surface area contributed by atoms with Gasteiger partial charge in [-0.1, -0.05) is 48.5 Å². The summed E-state index contributed by atoms with van der Waals surface area (Å²) in [6.45, 7) is 0.473. The van der Waals surface area contributed by atoms with Crippen LogP contribution in [0.1, 0.15) is 5.56 Å². The first-order valence-corrected chi connectivity index (χ1v) is 11.2. The molecular formula is C22H21N3O3S. The van der Waals surface area contributed by atoms with Gasteiger partial charge in [0.1, 0.15) is 0 Å². The fourth-order valence-electron chi connectivity index (χ4n) is 3.24. The molecule has 1 amide bonds. The van der Waals surface area contributed by atoms with Gasteiger partial charge in [0, 0.05) is 36.5 Å². The number of sulfone groups is 1. The van der Waals surface area contributed by atoms with Crippen LogP contribution >= 0.6 is 0 Å². The second kappa shape index (κ2) is 8.05. The number of carbonyl (C=O) groups is 1. The van der Waals surface area contributed by atoms with E-state index in [0.717, 1.165) is 22.5 Å². The van der Waals surface area contributed by atoms with Crippen molar-refractivity contribution in [3.8, 4) is 16.9 Å². The van der Waals surface area contributed by atoms with Crippen LogP contribution in [0.2, 0.25) is 0 Å². The lowest BCUT2D eigenvalue weighted by atomic mass is 10.1. The normalized spacial score (nSPS) is 16.2. The van der Waals surface area contributed by atoms with E-state index in [-0.39, 0.29) is 30.5 Å². The maximum atomic E-state index is 12.5. The zero-order valence-electron chi connectivity index (χ0n) is 15.8. The number of benzene rings is 2. The van der Waals surface area contributed by atoms with Crippen molar-refractivity contribution in [2.75, 3.05) is 24.6 Å². The number of carbonyl (C=O) groups excluding carboxylic acids is 1. The van der Waals surface area contributed by atoms with Crippen molar-refractivity contribution in [3.05, 3.63) is 78.5 Å². The van der Waals surface area contributed by atoms with E-state index in [1.54, 1.807) is 15.7 Å². The molecular weight excluding hydrogens is 386 g/mol. The van der Waals surface area contributed by atoms with Gasteiger partial charge in [0.25, 0.3) is 0 Å². The van der Waals surface area contributed by atoms with Crippen LogP contribution in [0.4, 0.5) is 0 Å². The number of amides is 1. The predicted molar refractivity (Wildman–Crippen MR) is 113 cm³/mol. The van der Waals surface area contributed by atoms with Gasteiger partial charge < -0.3 is 4.90 Å². The summed E-state index contributed by atoms with van der Waals surface area (Å²) in [7, 11) is -3.02. The Kier molecular flexibility index (Phi) is 5.31. The van der Waals surface area contributed by atoms with Crippen LogP contribution in [0.5, 0.6) is 0 Å². The third-order valence-electron chi connectivity index (χ3n) is 4.87. The summed E-state index contributed by atoms with van der Waals surface area (Å²) in [5.74, 6) is -0.145. The molecule has 0 bridgehead atoms. The summed E-state index contributed by atoms with van der Waals surface area (Å²) in [6.07, 6.45) is 5.14. The third kappa shape index (κ3) is 4.46. The van der Waals surface area contributed by atoms with Gasteiger partial charge in [-0.05, 0) is 18.2 Å². The predicted octanol–water partition coefficient (Wildman–Crippen LogP) is 2.81. The Labute approximate surface area is 170 Å². The fraction of sp³-hybridized carbons (Fsp3) is 0.182. The van der Waals surface area contributed by atoms with E-state index in [0.29, 0.717) is 0 Å². The van der Waals surface area contributed by atoms with Crippen LogP contribution < -0.4 is 0 Å². The number of aromatic nitrogens is 2. The third-order valence-corrected chi connectivity index (χ3v) is 6.48. The molecule has 148 valence electrons. The van der Waals surface area contributed by atoms with Gasteiger partial charge in [0.15, 0.2) is 9.84 Å². The minimum atomic E-state index is -3.02. The summed E-state index contributed by atoms with van der Waals surface area (Å²) in [5.41, 5.74) is 3.48. The summed E-state index contributed by atoms with van der Waals surface area (Å²) < 4.78 is 24.9. The van der Waals surface area contributed by atoms with Crippen molar-refractivity contribution in [1.82, 2.24) is 14.7 Å². The second-order valence-electron chi connectivity index (χ2n) is 6.89. The van der Waals surface area contributed by atoms with Gasteiger partial charge in [0.2, 0.25) is 5.91 Å². The molecule has 1 fully saturated rings. The van der Waals surface area contributed by atoms with E-state index in [9.17, 15) is 13.2 Å². The Bertz CT molecular complexity index is 1120. The minimum absolute atomic E-state index is 0.0216. The molecule has 0 spiro atoms. The Morgan fingerprint density at radius 1 is 0.931 bits per heavy atom. The number of hydrogen-bond acceptors (Lipinski definition) is 4. The number of para-hydroxylation sites is 1. The molecule has 3 aromatic rings. The lowest BCUT2D eigenvalue weighted by molar-refractivity contribution is -0.125. The van der Waals surface area contributed by atoms with Gasteiger partial charge in [-0.25, -0.2) is 13.1 Å². The molecule has 1 saturated heterocycles. The molecule has 6 nitrogen and oxygen atoms in total. The Hall–Kier alpha value is -3.19. The highest BCUT2D eigenvalue weighted by Gasteiger charge is 2.23. The molecule has 4 rings (SSSR count). The number of hydrogen-bond donors (Lipinski definition) is 0. The fourth-order valence-corrected chi connectivity index (χ4v) is 4.44. The minimum Gasteiger partial charge on any atom is -0.337 e. The standard InChI is InChI=1S/C22H21N3O3S/c26-21(24-13-15-29(27,28)16-14-24)12-11-19-17-25(20-9-5-2-6-10-20)23-22(19)18-7-3-1-4-8-18/h1-12,17H,13-16H2/b12-11+. The van der Waals surface area contributed by atoms with Gasteiger partial charge >= 0.3 is 0 Å². The SMILES string of the molecule is O=C(/C=C/c1cn(-c2ccccc2)nc1-c1ccccc1)N1CCS(=O)(=O)CC1. The highest BCUT2D eigenvalue weighted by molar-refractivity contribution is 7.91. The average molecular weight is 407 g/mol. The van der Waals surface area contributed by atoms with Crippen molar-refractivity contribution in [2.24, 2.45) is 0 Å². The Morgan fingerprint density at radius 2 is 1.55 bits per heavy atom. The first-order chi connectivity index (χ1) is 14.0. The van der Waals surface area contributed by atoms with Crippen molar-refractivity contribution >= 4 is 21.8 Å². The van der Waals surface area contributed by atoms with Crippen LogP contribution in [0.3, 0.4) is 0 Å². The molecule has 0 radical (unpaired) electrons. The highest BCUT2D eigenvalue weighted by Crippen LogP contribution is 2.24. The van der Waals surface area contributed by atoms with Crippen molar-refractivity contribution < 1.29 is 13.2 Å². The molecule has 0 N–H and O–H groups in total. The quantitative estimate of drug-likeness (QED) is 0.624. The zero-order chi connectivity index (χ0) is 20.3. The maximum absolute atomic E-state index is 12.5. The summed E-state index contributed by atoms with van der Waals surface area (Å²) in [5, 5.41) is 4.72. The Balaban J connectivity index is 1.63. The molecule has 0 unspecified atom stereocenters. The van der Waals surface area contributed by atoms with Crippen LogP contribution in [-0.4, -0.2) is 53.6 Å². The van der Waals surface area contributed by atoms with Gasteiger partial charge in [-0.2, -0.15) is 5.10 Å². The lowest BCUT2D eigenvalue weighted by Gasteiger charge is -2.25. The molecule has 1 aliphatic heterocycles. The van der Waals surface area contributed by atoms with E-state index in [4.69, 9.17) is 5.10 Å². The number of rotatable bonds is 4. The summed E-state index contributed by atoms with van der Waals surface area (Å²) >= 11 is 0. The van der Waals surface area contributed by atoms with Crippen LogP contribution in [0.15, 0.2) is 72.9 Å². The van der Waals surface area contributed by atoms with Crippen molar-refractivity contribution in [3.63, 3.8) is 0 Å². The number of nitrogens with zero attached hydrogens (tertiary/aromatic N) is 3. The van der Waals surface area contributed by atoms with Crippen LogP contribution in [-0.2, 0) is 14.6 Å². The van der Waals surface area contributed by atoms with Crippen molar-refractivity contribution in [1.29, 1.82) is 0 Å². The van der Waals surface area contributed by atoms with Crippen LogP contribution in [0.25, 0.3) is 23.0 Å². The molecule has 0 atom stereocenters. The summed E-state index contributed by atoms with van der Waals surface area (Å²) in [6, 6.07) is 19.6. The monoisotopic (exact) mass is 407 g/mol. The van der Waals surface area contributed by atoms with E-state index < -0.39 is 9.84 Å². The van der Waals surface area contributed by atoms with E-state index >= 15 is 0 Å². The zero-order valence-corrected chi connectivity index (χ0v) is 16.6. The van der Waals surface area contributed by atoms with E-state index in [1.807, 2.05) is 66.9 Å². The maximum Gasteiger partial charge on any atom is 0.246 e. The molecule has 2 aromatic carbocycles. The van der Waals surface area contributed by atoms with Crippen molar-refractivity contribution in [2.45, 2.75) is 0 Å². The molecule has 2 heterocycles. The first kappa shape index (κ1) is 19.1. The Morgan fingerprint density at radius 3 is 2.21 bits per heavy atom. The topological polar surface area (TPSA) is 72.3 Å². The second-order valence-corrected chi connectivity index (χ2v) is 9.19. The molecule has 1 aliphatic rings. The lowest BCUT2D eigenvalue weighted by Crippen LogP contribution is -2.43. The van der Waals surface area contributed by atoms with Gasteiger partial charge in [0.05, 0.1) is 22.9 Å². The molecule has 1 aromatic heterocycles. The highest BCUT2D eigenvalue weighted by atomic mass is 32.2. The largest absolute Gasteiger partial charge is 0.337 e.